The summed E-state index contributed by atoms with van der Waals surface area (Å²) in [5, 5.41) is 2.95. The molecule has 3 aromatic carbocycles. The Labute approximate surface area is 239 Å². The number of benzene rings is 3. The van der Waals surface area contributed by atoms with Gasteiger partial charge in [0.25, 0.3) is 10.0 Å². The highest BCUT2D eigenvalue weighted by atomic mass is 32.2. The maximum absolute atomic E-state index is 14.1. The minimum atomic E-state index is -4.11. The van der Waals surface area contributed by atoms with E-state index in [-0.39, 0.29) is 17.3 Å². The molecule has 0 spiro atoms. The zero-order chi connectivity index (χ0) is 29.8. The van der Waals surface area contributed by atoms with Gasteiger partial charge in [0.1, 0.15) is 12.6 Å². The van der Waals surface area contributed by atoms with Gasteiger partial charge in [-0.1, -0.05) is 59.7 Å². The Kier molecular flexibility index (Phi) is 9.46. The van der Waals surface area contributed by atoms with E-state index in [2.05, 4.69) is 5.32 Å². The van der Waals surface area contributed by atoms with E-state index in [1.807, 2.05) is 78.8 Å². The van der Waals surface area contributed by atoms with Gasteiger partial charge in [-0.15, -0.1) is 0 Å². The number of nitrogens with zero attached hydrogens (tertiary/aromatic N) is 2. The van der Waals surface area contributed by atoms with Gasteiger partial charge in [0.05, 0.1) is 10.6 Å². The molecule has 0 radical (unpaired) electrons. The van der Waals surface area contributed by atoms with Crippen LogP contribution in [0.2, 0.25) is 0 Å². The van der Waals surface area contributed by atoms with Gasteiger partial charge >= 0.3 is 0 Å². The van der Waals surface area contributed by atoms with Gasteiger partial charge in [-0.2, -0.15) is 0 Å². The van der Waals surface area contributed by atoms with Crippen LogP contribution >= 0.6 is 0 Å². The second-order valence-electron chi connectivity index (χ2n) is 11.5. The lowest BCUT2D eigenvalue weighted by molar-refractivity contribution is -0.140. The Morgan fingerprint density at radius 3 is 2.10 bits per heavy atom. The SMILES string of the molecule is Cc1ccc(S(=O)(=O)N(CC(=O)N(Cc2cccc(C)c2)C(C)C(=O)NC(C)(C)C)c2cccc(C)c2C)cc1. The number of nitrogens with one attached hydrogen (secondary N) is 1. The van der Waals surface area contributed by atoms with E-state index in [0.29, 0.717) is 5.69 Å². The second kappa shape index (κ2) is 12.3. The fourth-order valence-corrected chi connectivity index (χ4v) is 5.89. The highest BCUT2D eigenvalue weighted by Crippen LogP contribution is 2.29. The normalized spacial score (nSPS) is 12.5. The molecule has 1 atom stereocenters. The minimum Gasteiger partial charge on any atom is -0.350 e. The van der Waals surface area contributed by atoms with Gasteiger partial charge < -0.3 is 10.2 Å². The summed E-state index contributed by atoms with van der Waals surface area (Å²) in [6.07, 6.45) is 0. The first kappa shape index (κ1) is 30.9. The Bertz CT molecular complexity index is 1470. The molecular formula is C32H41N3O4S. The fraction of sp³-hybridized carbons (Fsp3) is 0.375. The monoisotopic (exact) mass is 563 g/mol. The number of carbonyl (C=O) groups excluding carboxylic acids is 2. The first-order valence-corrected chi connectivity index (χ1v) is 14.9. The lowest BCUT2D eigenvalue weighted by Crippen LogP contribution is -2.54. The van der Waals surface area contributed by atoms with Gasteiger partial charge in [0, 0.05) is 12.1 Å². The molecule has 1 N–H and O–H groups in total. The van der Waals surface area contributed by atoms with Crippen LogP contribution < -0.4 is 9.62 Å². The van der Waals surface area contributed by atoms with E-state index in [1.54, 1.807) is 43.3 Å². The molecule has 3 aromatic rings. The van der Waals surface area contributed by atoms with Crippen molar-refractivity contribution in [2.45, 2.75) is 78.4 Å². The van der Waals surface area contributed by atoms with Crippen molar-refractivity contribution in [2.24, 2.45) is 0 Å². The minimum absolute atomic E-state index is 0.0931. The maximum atomic E-state index is 14.1. The van der Waals surface area contributed by atoms with Crippen molar-refractivity contribution in [3.8, 4) is 0 Å². The number of sulfonamides is 1. The largest absolute Gasteiger partial charge is 0.350 e. The summed E-state index contributed by atoms with van der Waals surface area (Å²) < 4.78 is 29.2. The number of hydrogen-bond donors (Lipinski definition) is 1. The number of amides is 2. The highest BCUT2D eigenvalue weighted by Gasteiger charge is 2.34. The standard InChI is InChI=1S/C32H41N3O4S/c1-22-15-17-28(18-16-22)40(38,39)35(29-14-10-12-24(3)25(29)4)21-30(36)34(20-27-13-9-11-23(2)19-27)26(5)31(37)33-32(6,7)8/h9-19,26H,20-21H2,1-8H3,(H,33,37). The molecule has 1 unspecified atom stereocenters. The first-order valence-electron chi connectivity index (χ1n) is 13.4. The predicted octanol–water partition coefficient (Wildman–Crippen LogP) is 5.45. The van der Waals surface area contributed by atoms with Crippen molar-refractivity contribution in [3.05, 3.63) is 94.5 Å². The van der Waals surface area contributed by atoms with Crippen LogP contribution in [-0.2, 0) is 26.2 Å². The van der Waals surface area contributed by atoms with Crippen LogP contribution in [0.5, 0.6) is 0 Å². The summed E-state index contributed by atoms with van der Waals surface area (Å²) in [6.45, 7) is 14.6. The van der Waals surface area contributed by atoms with Crippen molar-refractivity contribution in [3.63, 3.8) is 0 Å². The van der Waals surface area contributed by atoms with E-state index < -0.39 is 34.1 Å². The topological polar surface area (TPSA) is 86.8 Å². The molecule has 0 bridgehead atoms. The number of hydrogen-bond acceptors (Lipinski definition) is 4. The van der Waals surface area contributed by atoms with E-state index in [1.165, 1.54) is 9.21 Å². The van der Waals surface area contributed by atoms with Gasteiger partial charge in [-0.25, -0.2) is 8.42 Å². The van der Waals surface area contributed by atoms with Crippen LogP contribution in [-0.4, -0.2) is 43.3 Å². The molecule has 40 heavy (non-hydrogen) atoms. The molecule has 0 fully saturated rings. The van der Waals surface area contributed by atoms with Gasteiger partial charge in [0.2, 0.25) is 11.8 Å². The van der Waals surface area contributed by atoms with Crippen molar-refractivity contribution < 1.29 is 18.0 Å². The van der Waals surface area contributed by atoms with E-state index in [9.17, 15) is 18.0 Å². The van der Waals surface area contributed by atoms with Gasteiger partial charge in [-0.3, -0.25) is 13.9 Å². The quantitative estimate of drug-likeness (QED) is 0.375. The van der Waals surface area contributed by atoms with Crippen LogP contribution in [0.4, 0.5) is 5.69 Å². The zero-order valence-electron chi connectivity index (χ0n) is 24.8. The Morgan fingerprint density at radius 1 is 0.875 bits per heavy atom. The van der Waals surface area contributed by atoms with Crippen LogP contribution in [0, 0.1) is 27.7 Å². The first-order chi connectivity index (χ1) is 18.6. The molecule has 0 heterocycles. The van der Waals surface area contributed by atoms with Crippen LogP contribution in [0.3, 0.4) is 0 Å². The third kappa shape index (κ3) is 7.50. The molecular weight excluding hydrogens is 522 g/mol. The highest BCUT2D eigenvalue weighted by molar-refractivity contribution is 7.92. The summed E-state index contributed by atoms with van der Waals surface area (Å²) in [5.74, 6) is -0.789. The zero-order valence-corrected chi connectivity index (χ0v) is 25.6. The molecule has 2 amide bonds. The summed E-state index contributed by atoms with van der Waals surface area (Å²) >= 11 is 0. The number of aryl methyl sites for hydroxylation is 3. The molecule has 0 saturated carbocycles. The average molecular weight is 564 g/mol. The van der Waals surface area contributed by atoms with Crippen molar-refractivity contribution >= 4 is 27.5 Å². The van der Waals surface area contributed by atoms with Crippen molar-refractivity contribution in [1.29, 1.82) is 0 Å². The van der Waals surface area contributed by atoms with Crippen LogP contribution in [0.25, 0.3) is 0 Å². The summed E-state index contributed by atoms with van der Waals surface area (Å²) in [7, 11) is -4.11. The summed E-state index contributed by atoms with van der Waals surface area (Å²) in [6, 6.07) is 18.8. The fourth-order valence-electron chi connectivity index (χ4n) is 4.42. The predicted molar refractivity (Wildman–Crippen MR) is 161 cm³/mol. The molecule has 3 rings (SSSR count). The molecule has 214 valence electrons. The van der Waals surface area contributed by atoms with Gasteiger partial charge in [-0.05, 0) is 90.3 Å². The molecule has 0 aliphatic rings. The third-order valence-corrected chi connectivity index (χ3v) is 8.61. The average Bonchev–Trinajstić information content (AvgIpc) is 2.86. The van der Waals surface area contributed by atoms with Crippen molar-refractivity contribution in [1.82, 2.24) is 10.2 Å². The Hall–Kier alpha value is -3.65. The smallest absolute Gasteiger partial charge is 0.264 e. The van der Waals surface area contributed by atoms with Crippen LogP contribution in [0.15, 0.2) is 71.6 Å². The van der Waals surface area contributed by atoms with E-state index in [4.69, 9.17) is 0 Å². The van der Waals surface area contributed by atoms with Crippen molar-refractivity contribution in [2.75, 3.05) is 10.8 Å². The van der Waals surface area contributed by atoms with E-state index >= 15 is 0 Å². The van der Waals surface area contributed by atoms with Gasteiger partial charge in [0.15, 0.2) is 0 Å². The van der Waals surface area contributed by atoms with Crippen LogP contribution in [0.1, 0.15) is 55.5 Å². The molecule has 8 heteroatoms. The number of rotatable bonds is 9. The molecule has 7 nitrogen and oxygen atoms in total. The summed E-state index contributed by atoms with van der Waals surface area (Å²) in [4.78, 5) is 28.9. The molecule has 0 aliphatic carbocycles. The lowest BCUT2D eigenvalue weighted by atomic mass is 10.1. The summed E-state index contributed by atoms with van der Waals surface area (Å²) in [5.41, 5.74) is 4.40. The molecule has 0 aliphatic heterocycles. The Balaban J connectivity index is 2.08. The van der Waals surface area contributed by atoms with E-state index in [0.717, 1.165) is 27.8 Å². The Morgan fingerprint density at radius 2 is 1.50 bits per heavy atom. The third-order valence-electron chi connectivity index (χ3n) is 6.83. The number of anilines is 1. The maximum Gasteiger partial charge on any atom is 0.264 e. The second-order valence-corrected chi connectivity index (χ2v) is 13.3. The molecule has 0 saturated heterocycles. The lowest BCUT2D eigenvalue weighted by Gasteiger charge is -2.34. The number of carbonyl (C=O) groups is 2. The molecule has 0 aromatic heterocycles.